The largest absolute Gasteiger partial charge is 0.343 e. The van der Waals surface area contributed by atoms with E-state index in [1.54, 1.807) is 0 Å². The first-order valence-corrected chi connectivity index (χ1v) is 12.7. The molecule has 0 saturated heterocycles. The van der Waals surface area contributed by atoms with Crippen molar-refractivity contribution in [3.05, 3.63) is 140 Å². The molecule has 0 unspecified atom stereocenters. The van der Waals surface area contributed by atoms with Gasteiger partial charge in [0.15, 0.2) is 0 Å². The normalized spacial score (nSPS) is 11.4. The van der Waals surface area contributed by atoms with Crippen molar-refractivity contribution in [2.24, 2.45) is 0 Å². The van der Waals surface area contributed by atoms with Crippen LogP contribution in [0, 0.1) is 0 Å². The van der Waals surface area contributed by atoms with E-state index in [1.165, 1.54) is 49.4 Å². The smallest absolute Gasteiger partial charge is 0.0778 e. The first-order chi connectivity index (χ1) is 18.3. The standard InChI is InChI=1S/C35H26N2/c1-36(28-16-6-3-7-17-28)33-21-11-20-31-34-30-19-9-8-14-26(30)22-23-32(34)37(35(31)33)29-18-10-15-27(24-29)25-12-4-2-5-13-25/h2-24H,1H3. The maximum Gasteiger partial charge on any atom is 0.0778 e. The zero-order chi connectivity index (χ0) is 24.8. The van der Waals surface area contributed by atoms with Gasteiger partial charge in [-0.05, 0) is 58.3 Å². The van der Waals surface area contributed by atoms with Crippen LogP contribution < -0.4 is 4.90 Å². The highest BCUT2D eigenvalue weighted by Gasteiger charge is 2.19. The first kappa shape index (κ1) is 21.5. The molecular weight excluding hydrogens is 448 g/mol. The molecule has 0 bridgehead atoms. The molecule has 37 heavy (non-hydrogen) atoms. The summed E-state index contributed by atoms with van der Waals surface area (Å²) in [6, 6.07) is 50.0. The van der Waals surface area contributed by atoms with Crippen LogP contribution in [0.2, 0.25) is 0 Å². The summed E-state index contributed by atoms with van der Waals surface area (Å²) in [6.07, 6.45) is 0. The molecule has 2 nitrogen and oxygen atoms in total. The van der Waals surface area contributed by atoms with Crippen molar-refractivity contribution in [2.75, 3.05) is 11.9 Å². The van der Waals surface area contributed by atoms with Crippen LogP contribution in [0.1, 0.15) is 0 Å². The number of aromatic nitrogens is 1. The maximum atomic E-state index is 2.44. The quantitative estimate of drug-likeness (QED) is 0.247. The number of hydrogen-bond donors (Lipinski definition) is 0. The number of benzene rings is 6. The Bertz CT molecular complexity index is 1880. The van der Waals surface area contributed by atoms with Gasteiger partial charge in [-0.2, -0.15) is 0 Å². The fourth-order valence-corrected chi connectivity index (χ4v) is 5.60. The van der Waals surface area contributed by atoms with Crippen molar-refractivity contribution in [1.82, 2.24) is 4.57 Å². The third kappa shape index (κ3) is 3.49. The second-order valence-corrected chi connectivity index (χ2v) is 9.50. The first-order valence-electron chi connectivity index (χ1n) is 12.7. The molecule has 1 aromatic heterocycles. The van der Waals surface area contributed by atoms with Gasteiger partial charge in [0.25, 0.3) is 0 Å². The lowest BCUT2D eigenvalue weighted by atomic mass is 10.0. The van der Waals surface area contributed by atoms with E-state index in [0.717, 1.165) is 11.4 Å². The lowest BCUT2D eigenvalue weighted by Gasteiger charge is -2.22. The van der Waals surface area contributed by atoms with Gasteiger partial charge in [0, 0.05) is 29.2 Å². The molecule has 2 heteroatoms. The molecule has 0 saturated carbocycles. The fraction of sp³-hybridized carbons (Fsp3) is 0.0286. The minimum absolute atomic E-state index is 1.16. The second kappa shape index (κ2) is 8.69. The van der Waals surface area contributed by atoms with E-state index in [-0.39, 0.29) is 0 Å². The van der Waals surface area contributed by atoms with Gasteiger partial charge in [-0.1, -0.05) is 103 Å². The minimum atomic E-state index is 1.16. The molecule has 0 spiro atoms. The van der Waals surface area contributed by atoms with Crippen LogP contribution in [-0.2, 0) is 0 Å². The Kier molecular flexibility index (Phi) is 5.04. The monoisotopic (exact) mass is 474 g/mol. The Morgan fingerprint density at radius 2 is 1.22 bits per heavy atom. The number of nitrogens with zero attached hydrogens (tertiary/aromatic N) is 2. The molecule has 6 aromatic carbocycles. The summed E-state index contributed by atoms with van der Waals surface area (Å²) in [7, 11) is 2.16. The molecule has 0 fully saturated rings. The van der Waals surface area contributed by atoms with Crippen LogP contribution in [0.3, 0.4) is 0 Å². The Hall–Kier alpha value is -4.82. The minimum Gasteiger partial charge on any atom is -0.343 e. The van der Waals surface area contributed by atoms with Crippen molar-refractivity contribution >= 4 is 44.0 Å². The van der Waals surface area contributed by atoms with Gasteiger partial charge in [0.2, 0.25) is 0 Å². The third-order valence-corrected chi connectivity index (χ3v) is 7.37. The molecule has 0 N–H and O–H groups in total. The van der Waals surface area contributed by atoms with Crippen LogP contribution in [0.15, 0.2) is 140 Å². The highest BCUT2D eigenvalue weighted by atomic mass is 15.1. The number of fused-ring (bicyclic) bond motifs is 5. The van der Waals surface area contributed by atoms with E-state index in [9.17, 15) is 0 Å². The average Bonchev–Trinajstić information content (AvgIpc) is 3.33. The fourth-order valence-electron chi connectivity index (χ4n) is 5.60. The SMILES string of the molecule is CN(c1ccccc1)c1cccc2c3c4ccccc4ccc3n(-c3cccc(-c4ccccc4)c3)c12. The van der Waals surface area contributed by atoms with Crippen LogP contribution >= 0.6 is 0 Å². The maximum absolute atomic E-state index is 2.44. The number of rotatable bonds is 4. The van der Waals surface area contributed by atoms with E-state index < -0.39 is 0 Å². The van der Waals surface area contributed by atoms with E-state index in [1.807, 2.05) is 0 Å². The summed E-state index contributed by atoms with van der Waals surface area (Å²) in [5.41, 5.74) is 8.35. The van der Waals surface area contributed by atoms with Crippen LogP contribution in [0.5, 0.6) is 0 Å². The Morgan fingerprint density at radius 1 is 0.541 bits per heavy atom. The summed E-state index contributed by atoms with van der Waals surface area (Å²) in [4.78, 5) is 2.29. The van der Waals surface area contributed by atoms with Gasteiger partial charge in [0.1, 0.15) is 0 Å². The van der Waals surface area contributed by atoms with E-state index in [4.69, 9.17) is 0 Å². The summed E-state index contributed by atoms with van der Waals surface area (Å²) in [6.45, 7) is 0. The molecule has 0 aliphatic rings. The van der Waals surface area contributed by atoms with E-state index >= 15 is 0 Å². The molecule has 1 heterocycles. The van der Waals surface area contributed by atoms with Crippen LogP contribution in [-0.4, -0.2) is 11.6 Å². The number of para-hydroxylation sites is 2. The molecule has 0 aliphatic heterocycles. The average molecular weight is 475 g/mol. The summed E-state index contributed by atoms with van der Waals surface area (Å²) in [5, 5.41) is 5.09. The van der Waals surface area contributed by atoms with Crippen molar-refractivity contribution in [2.45, 2.75) is 0 Å². The van der Waals surface area contributed by atoms with Gasteiger partial charge in [-0.25, -0.2) is 0 Å². The van der Waals surface area contributed by atoms with E-state index in [0.29, 0.717) is 0 Å². The molecule has 0 radical (unpaired) electrons. The van der Waals surface area contributed by atoms with Gasteiger partial charge in [-0.3, -0.25) is 0 Å². The second-order valence-electron chi connectivity index (χ2n) is 9.50. The Morgan fingerprint density at radius 3 is 2.05 bits per heavy atom. The van der Waals surface area contributed by atoms with Crippen molar-refractivity contribution in [3.63, 3.8) is 0 Å². The van der Waals surface area contributed by atoms with Crippen LogP contribution in [0.25, 0.3) is 49.4 Å². The summed E-state index contributed by atoms with van der Waals surface area (Å²) < 4.78 is 2.44. The molecule has 0 atom stereocenters. The number of hydrogen-bond acceptors (Lipinski definition) is 1. The predicted octanol–water partition coefficient (Wildman–Crippen LogP) is 9.37. The molecule has 0 amide bonds. The molecular formula is C35H26N2. The topological polar surface area (TPSA) is 8.17 Å². The molecule has 0 aliphatic carbocycles. The van der Waals surface area contributed by atoms with Gasteiger partial charge < -0.3 is 9.47 Å². The third-order valence-electron chi connectivity index (χ3n) is 7.37. The van der Waals surface area contributed by atoms with Crippen LogP contribution in [0.4, 0.5) is 11.4 Å². The highest BCUT2D eigenvalue weighted by molar-refractivity contribution is 6.23. The van der Waals surface area contributed by atoms with Gasteiger partial charge in [0.05, 0.1) is 16.7 Å². The molecule has 7 aromatic rings. The predicted molar refractivity (Wildman–Crippen MR) is 158 cm³/mol. The lowest BCUT2D eigenvalue weighted by molar-refractivity contribution is 1.15. The van der Waals surface area contributed by atoms with Gasteiger partial charge in [-0.15, -0.1) is 0 Å². The summed E-state index contributed by atoms with van der Waals surface area (Å²) >= 11 is 0. The van der Waals surface area contributed by atoms with E-state index in [2.05, 4.69) is 156 Å². The van der Waals surface area contributed by atoms with Crippen molar-refractivity contribution in [1.29, 1.82) is 0 Å². The lowest BCUT2D eigenvalue weighted by Crippen LogP contribution is -2.11. The zero-order valence-corrected chi connectivity index (χ0v) is 20.7. The summed E-state index contributed by atoms with van der Waals surface area (Å²) in [5.74, 6) is 0. The zero-order valence-electron chi connectivity index (χ0n) is 20.7. The highest BCUT2D eigenvalue weighted by Crippen LogP contribution is 2.42. The molecule has 176 valence electrons. The molecule has 7 rings (SSSR count). The number of anilines is 2. The van der Waals surface area contributed by atoms with Gasteiger partial charge >= 0.3 is 0 Å². The van der Waals surface area contributed by atoms with Crippen molar-refractivity contribution < 1.29 is 0 Å². The Labute approximate surface area is 216 Å². The van der Waals surface area contributed by atoms with Crippen molar-refractivity contribution in [3.8, 4) is 16.8 Å². The Balaban J connectivity index is 1.59.